The lowest BCUT2D eigenvalue weighted by molar-refractivity contribution is 0.193. The Hall–Kier alpha value is -0.860. The van der Waals surface area contributed by atoms with E-state index in [0.29, 0.717) is 12.0 Å². The van der Waals surface area contributed by atoms with Gasteiger partial charge in [-0.2, -0.15) is 0 Å². The lowest BCUT2D eigenvalue weighted by Crippen LogP contribution is -2.14. The summed E-state index contributed by atoms with van der Waals surface area (Å²) in [7, 11) is 0. The van der Waals surface area contributed by atoms with Crippen LogP contribution in [0, 0.1) is 0 Å². The average Bonchev–Trinajstić information content (AvgIpc) is 2.65. The van der Waals surface area contributed by atoms with Crippen molar-refractivity contribution >= 4 is 0 Å². The van der Waals surface area contributed by atoms with E-state index in [-0.39, 0.29) is 6.10 Å². The van der Waals surface area contributed by atoms with Gasteiger partial charge in [0.1, 0.15) is 0 Å². The van der Waals surface area contributed by atoms with Gasteiger partial charge in [0.25, 0.3) is 0 Å². The molecule has 0 saturated carbocycles. The van der Waals surface area contributed by atoms with Crippen LogP contribution in [0.1, 0.15) is 43.4 Å². The summed E-state index contributed by atoms with van der Waals surface area (Å²) in [5.74, 6) is 0.584. The summed E-state index contributed by atoms with van der Waals surface area (Å²) >= 11 is 0. The summed E-state index contributed by atoms with van der Waals surface area (Å²) < 4.78 is 0. The molecular formula is C13H19NO. The van der Waals surface area contributed by atoms with Crippen molar-refractivity contribution < 1.29 is 5.11 Å². The number of aliphatic hydroxyl groups excluding tert-OH is 1. The van der Waals surface area contributed by atoms with Crippen LogP contribution in [0.15, 0.2) is 24.3 Å². The molecule has 15 heavy (non-hydrogen) atoms. The second-order valence-electron chi connectivity index (χ2n) is 4.67. The molecule has 0 aromatic heterocycles. The number of benzene rings is 1. The number of aliphatic hydroxyl groups is 1. The van der Waals surface area contributed by atoms with E-state index in [4.69, 9.17) is 0 Å². The first-order valence-corrected chi connectivity index (χ1v) is 5.68. The molecule has 0 radical (unpaired) electrons. The fraction of sp³-hybridized carbons (Fsp3) is 0.538. The summed E-state index contributed by atoms with van der Waals surface area (Å²) in [5.41, 5.74) is 2.66. The highest BCUT2D eigenvalue weighted by Crippen LogP contribution is 2.24. The van der Waals surface area contributed by atoms with E-state index in [1.165, 1.54) is 11.1 Å². The molecule has 1 aromatic carbocycles. The Bertz CT molecular complexity index is 318. The van der Waals surface area contributed by atoms with E-state index >= 15 is 0 Å². The van der Waals surface area contributed by atoms with Crippen LogP contribution in [0.4, 0.5) is 0 Å². The van der Waals surface area contributed by atoms with Crippen molar-refractivity contribution in [3.05, 3.63) is 35.4 Å². The van der Waals surface area contributed by atoms with Crippen molar-refractivity contribution in [1.82, 2.24) is 5.32 Å². The third kappa shape index (κ3) is 2.39. The van der Waals surface area contributed by atoms with E-state index in [0.717, 1.165) is 13.0 Å². The van der Waals surface area contributed by atoms with Crippen LogP contribution >= 0.6 is 0 Å². The van der Waals surface area contributed by atoms with Gasteiger partial charge in [-0.05, 0) is 23.5 Å². The monoisotopic (exact) mass is 205 g/mol. The molecular weight excluding hydrogens is 186 g/mol. The van der Waals surface area contributed by atoms with E-state index in [9.17, 15) is 5.11 Å². The van der Waals surface area contributed by atoms with Gasteiger partial charge in [0.15, 0.2) is 0 Å². The topological polar surface area (TPSA) is 32.3 Å². The summed E-state index contributed by atoms with van der Waals surface area (Å²) in [6, 6.07) is 9.05. The molecule has 1 saturated heterocycles. The van der Waals surface area contributed by atoms with Crippen molar-refractivity contribution in [2.75, 3.05) is 6.54 Å². The fourth-order valence-electron chi connectivity index (χ4n) is 2.08. The maximum atomic E-state index is 9.44. The lowest BCUT2D eigenvalue weighted by atomic mass is 9.98. The Labute approximate surface area is 91.3 Å². The molecule has 2 nitrogen and oxygen atoms in total. The number of hydrogen-bond acceptors (Lipinski definition) is 2. The van der Waals surface area contributed by atoms with Crippen molar-refractivity contribution in [3.63, 3.8) is 0 Å². The molecule has 0 bridgehead atoms. The molecule has 2 rings (SSSR count). The van der Waals surface area contributed by atoms with Gasteiger partial charge >= 0.3 is 0 Å². The van der Waals surface area contributed by atoms with Crippen LogP contribution in [0.3, 0.4) is 0 Å². The molecule has 2 heteroatoms. The minimum Gasteiger partial charge on any atom is -0.392 e. The third-order valence-corrected chi connectivity index (χ3v) is 3.11. The van der Waals surface area contributed by atoms with Crippen LogP contribution in [-0.2, 0) is 0 Å². The number of rotatable bonds is 2. The Morgan fingerprint density at radius 1 is 1.27 bits per heavy atom. The highest BCUT2D eigenvalue weighted by molar-refractivity contribution is 5.27. The molecule has 1 aliphatic rings. The van der Waals surface area contributed by atoms with Crippen LogP contribution in [-0.4, -0.2) is 17.8 Å². The number of nitrogens with one attached hydrogen (secondary N) is 1. The fourth-order valence-corrected chi connectivity index (χ4v) is 2.08. The average molecular weight is 205 g/mol. The van der Waals surface area contributed by atoms with Gasteiger partial charge in [-0.1, -0.05) is 38.1 Å². The number of β-amino-alcohol motifs (C(OH)–C–C–N with tert-alkyl or cyclic N) is 1. The molecule has 1 heterocycles. The van der Waals surface area contributed by atoms with Crippen LogP contribution in [0.2, 0.25) is 0 Å². The Balaban J connectivity index is 2.10. The van der Waals surface area contributed by atoms with Crippen LogP contribution in [0.5, 0.6) is 0 Å². The summed E-state index contributed by atoms with van der Waals surface area (Å²) in [5, 5.41) is 12.8. The van der Waals surface area contributed by atoms with Crippen molar-refractivity contribution in [1.29, 1.82) is 0 Å². The first kappa shape index (κ1) is 10.7. The predicted octanol–water partition coefficient (Wildman–Crippen LogP) is 2.21. The van der Waals surface area contributed by atoms with E-state index in [2.05, 4.69) is 43.4 Å². The molecule has 2 N–H and O–H groups in total. The molecule has 2 atom stereocenters. The zero-order chi connectivity index (χ0) is 10.8. The summed E-state index contributed by atoms with van der Waals surface area (Å²) in [6.07, 6.45) is 0.654. The molecule has 1 fully saturated rings. The molecule has 0 spiro atoms. The first-order chi connectivity index (χ1) is 7.16. The van der Waals surface area contributed by atoms with Crippen molar-refractivity contribution in [2.45, 2.75) is 38.3 Å². The first-order valence-electron chi connectivity index (χ1n) is 5.68. The second kappa shape index (κ2) is 4.33. The Morgan fingerprint density at radius 2 is 1.93 bits per heavy atom. The van der Waals surface area contributed by atoms with Gasteiger partial charge in [0.2, 0.25) is 0 Å². The minimum atomic E-state index is -0.181. The maximum absolute atomic E-state index is 9.44. The molecule has 1 aliphatic heterocycles. The van der Waals surface area contributed by atoms with Gasteiger partial charge in [0, 0.05) is 12.6 Å². The van der Waals surface area contributed by atoms with Gasteiger partial charge in [-0.3, -0.25) is 0 Å². The number of hydrogen-bond donors (Lipinski definition) is 2. The minimum absolute atomic E-state index is 0.181. The highest BCUT2D eigenvalue weighted by atomic mass is 16.3. The van der Waals surface area contributed by atoms with E-state index < -0.39 is 0 Å². The predicted molar refractivity (Wildman–Crippen MR) is 61.9 cm³/mol. The molecule has 1 aromatic rings. The summed E-state index contributed by atoms with van der Waals surface area (Å²) in [4.78, 5) is 0. The Morgan fingerprint density at radius 3 is 2.40 bits per heavy atom. The van der Waals surface area contributed by atoms with Crippen molar-refractivity contribution in [3.8, 4) is 0 Å². The maximum Gasteiger partial charge on any atom is 0.0682 e. The lowest BCUT2D eigenvalue weighted by Gasteiger charge is -2.12. The zero-order valence-corrected chi connectivity index (χ0v) is 9.40. The molecule has 0 amide bonds. The van der Waals surface area contributed by atoms with Crippen LogP contribution < -0.4 is 5.32 Å². The smallest absolute Gasteiger partial charge is 0.0682 e. The van der Waals surface area contributed by atoms with Crippen LogP contribution in [0.25, 0.3) is 0 Å². The van der Waals surface area contributed by atoms with E-state index in [1.807, 2.05) is 0 Å². The van der Waals surface area contributed by atoms with Gasteiger partial charge < -0.3 is 10.4 Å². The highest BCUT2D eigenvalue weighted by Gasteiger charge is 2.22. The largest absolute Gasteiger partial charge is 0.392 e. The van der Waals surface area contributed by atoms with Gasteiger partial charge in [-0.25, -0.2) is 0 Å². The Kier molecular flexibility index (Phi) is 3.08. The van der Waals surface area contributed by atoms with Gasteiger partial charge in [-0.15, -0.1) is 0 Å². The standard InChI is InChI=1S/C13H19NO/c1-9(2)10-3-5-11(6-4-10)13-7-12(15)8-14-13/h3-6,9,12-15H,7-8H2,1-2H3. The zero-order valence-electron chi connectivity index (χ0n) is 9.40. The normalized spacial score (nSPS) is 26.1. The summed E-state index contributed by atoms with van der Waals surface area (Å²) in [6.45, 7) is 5.12. The van der Waals surface area contributed by atoms with Gasteiger partial charge in [0.05, 0.1) is 6.10 Å². The third-order valence-electron chi connectivity index (χ3n) is 3.11. The molecule has 2 unspecified atom stereocenters. The van der Waals surface area contributed by atoms with Crippen molar-refractivity contribution in [2.24, 2.45) is 0 Å². The molecule has 82 valence electrons. The second-order valence-corrected chi connectivity index (χ2v) is 4.67. The molecule has 0 aliphatic carbocycles. The SMILES string of the molecule is CC(C)c1ccc(C2CC(O)CN2)cc1. The quantitative estimate of drug-likeness (QED) is 0.776. The van der Waals surface area contributed by atoms with E-state index in [1.54, 1.807) is 0 Å².